The highest BCUT2D eigenvalue weighted by atomic mass is 79.9. The molecule has 0 aliphatic carbocycles. The van der Waals surface area contributed by atoms with Gasteiger partial charge in [-0.05, 0) is 24.3 Å². The lowest BCUT2D eigenvalue weighted by atomic mass is 10.3. The number of hydrogen-bond donors (Lipinski definition) is 3. The van der Waals surface area contributed by atoms with Crippen LogP contribution in [-0.4, -0.2) is 37.2 Å². The van der Waals surface area contributed by atoms with Crippen LogP contribution in [0.2, 0.25) is 0 Å². The molecule has 0 aliphatic rings. The first kappa shape index (κ1) is 16.2. The minimum atomic E-state index is -0.649. The number of esters is 1. The topological polar surface area (TPSA) is 87.7 Å². The van der Waals surface area contributed by atoms with E-state index in [0.29, 0.717) is 5.69 Å². The van der Waals surface area contributed by atoms with Gasteiger partial charge in [0.05, 0.1) is 19.8 Å². The summed E-state index contributed by atoms with van der Waals surface area (Å²) in [5, 5.41) is 14.0. The number of ether oxygens (including phenoxy) is 1. The van der Waals surface area contributed by atoms with Crippen molar-refractivity contribution in [1.29, 1.82) is 0 Å². The number of hydrogen-bond acceptors (Lipinski definition) is 5. The largest absolute Gasteiger partial charge is 0.466 e. The number of carbonyl (C=O) groups is 2. The number of nitrogens with one attached hydrogen (secondary N) is 2. The van der Waals surface area contributed by atoms with Crippen molar-refractivity contribution in [1.82, 2.24) is 5.32 Å². The fraction of sp³-hybridized carbons (Fsp3) is 0.231. The van der Waals surface area contributed by atoms with E-state index in [1.54, 1.807) is 24.3 Å². The molecule has 7 heteroatoms. The fourth-order valence-corrected chi connectivity index (χ4v) is 1.55. The maximum Gasteiger partial charge on any atom is 0.332 e. The zero-order valence-corrected chi connectivity index (χ0v) is 12.4. The average molecular weight is 343 g/mol. The summed E-state index contributed by atoms with van der Waals surface area (Å²) in [5.74, 6) is -1.16. The second-order valence-electron chi connectivity index (χ2n) is 3.69. The predicted molar refractivity (Wildman–Crippen MR) is 78.0 cm³/mol. The van der Waals surface area contributed by atoms with Crippen LogP contribution in [0.4, 0.5) is 5.69 Å². The van der Waals surface area contributed by atoms with Crippen molar-refractivity contribution in [3.63, 3.8) is 0 Å². The van der Waals surface area contributed by atoms with E-state index in [1.165, 1.54) is 7.11 Å². The molecule has 0 aliphatic heterocycles. The minimum Gasteiger partial charge on any atom is -0.466 e. The van der Waals surface area contributed by atoms with Crippen molar-refractivity contribution in [3.8, 4) is 0 Å². The van der Waals surface area contributed by atoms with Crippen molar-refractivity contribution < 1.29 is 19.4 Å². The van der Waals surface area contributed by atoms with Gasteiger partial charge < -0.3 is 20.5 Å². The molecule has 20 heavy (non-hydrogen) atoms. The molecule has 1 aromatic carbocycles. The number of halogens is 1. The van der Waals surface area contributed by atoms with Gasteiger partial charge in [-0.3, -0.25) is 4.79 Å². The average Bonchev–Trinajstić information content (AvgIpc) is 2.46. The molecule has 0 bridgehead atoms. The summed E-state index contributed by atoms with van der Waals surface area (Å²) in [5.41, 5.74) is 0.676. The predicted octanol–water partition coefficient (Wildman–Crippen LogP) is 1.03. The molecule has 0 atom stereocenters. The molecule has 6 nitrogen and oxygen atoms in total. The molecule has 108 valence electrons. The lowest BCUT2D eigenvalue weighted by Crippen LogP contribution is -2.31. The van der Waals surface area contributed by atoms with Crippen molar-refractivity contribution in [2.45, 2.75) is 0 Å². The minimum absolute atomic E-state index is 0.0348. The van der Waals surface area contributed by atoms with Gasteiger partial charge in [0.25, 0.3) is 5.91 Å². The van der Waals surface area contributed by atoms with Crippen LogP contribution in [0.15, 0.2) is 40.5 Å². The van der Waals surface area contributed by atoms with Gasteiger partial charge in [-0.1, -0.05) is 15.9 Å². The van der Waals surface area contributed by atoms with E-state index < -0.39 is 11.9 Å². The normalized spacial score (nSPS) is 10.8. The Morgan fingerprint density at radius 1 is 1.35 bits per heavy atom. The van der Waals surface area contributed by atoms with E-state index in [9.17, 15) is 9.59 Å². The highest BCUT2D eigenvalue weighted by molar-refractivity contribution is 9.10. The molecule has 0 fully saturated rings. The molecule has 1 aromatic rings. The first-order valence-corrected chi connectivity index (χ1v) is 6.57. The number of methoxy groups -OCH3 is 1. The number of aliphatic hydroxyl groups is 1. The Hall–Kier alpha value is -1.86. The number of carbonyl (C=O) groups excluding carboxylic acids is 2. The summed E-state index contributed by atoms with van der Waals surface area (Å²) < 4.78 is 5.39. The third-order valence-corrected chi connectivity index (χ3v) is 2.76. The highest BCUT2D eigenvalue weighted by Gasteiger charge is 2.11. The molecule has 0 heterocycles. The lowest BCUT2D eigenvalue weighted by molar-refractivity contribution is -0.135. The molecule has 0 aromatic heterocycles. The Kier molecular flexibility index (Phi) is 6.75. The Morgan fingerprint density at radius 3 is 2.55 bits per heavy atom. The van der Waals surface area contributed by atoms with Crippen molar-refractivity contribution >= 4 is 33.5 Å². The van der Waals surface area contributed by atoms with Gasteiger partial charge in [-0.2, -0.15) is 0 Å². The summed E-state index contributed by atoms with van der Waals surface area (Å²) in [6, 6.07) is 7.08. The summed E-state index contributed by atoms with van der Waals surface area (Å²) >= 11 is 3.30. The van der Waals surface area contributed by atoms with Gasteiger partial charge in [0, 0.05) is 16.7 Å². The zero-order valence-electron chi connectivity index (χ0n) is 10.9. The first-order chi connectivity index (χ1) is 9.56. The summed E-state index contributed by atoms with van der Waals surface area (Å²) in [4.78, 5) is 23.1. The smallest absolute Gasteiger partial charge is 0.332 e. The van der Waals surface area contributed by atoms with Gasteiger partial charge in [-0.15, -0.1) is 0 Å². The van der Waals surface area contributed by atoms with Gasteiger partial charge in [0.1, 0.15) is 5.70 Å². The van der Waals surface area contributed by atoms with Crippen LogP contribution in [0.1, 0.15) is 0 Å². The van der Waals surface area contributed by atoms with Crippen molar-refractivity contribution in [3.05, 3.63) is 40.5 Å². The quantitative estimate of drug-likeness (QED) is 0.530. The molecule has 0 spiro atoms. The number of aliphatic hydroxyl groups excluding tert-OH is 1. The second-order valence-corrected chi connectivity index (χ2v) is 4.61. The fourth-order valence-electron chi connectivity index (χ4n) is 1.29. The van der Waals surface area contributed by atoms with E-state index in [1.807, 2.05) is 0 Å². The molecule has 0 unspecified atom stereocenters. The molecule has 0 saturated heterocycles. The molecule has 3 N–H and O–H groups in total. The van der Waals surface area contributed by atoms with E-state index in [4.69, 9.17) is 5.11 Å². The van der Waals surface area contributed by atoms with Crippen LogP contribution < -0.4 is 10.6 Å². The Balaban J connectivity index is 2.87. The van der Waals surface area contributed by atoms with Crippen LogP contribution in [-0.2, 0) is 14.3 Å². The van der Waals surface area contributed by atoms with E-state index in [-0.39, 0.29) is 18.8 Å². The maximum absolute atomic E-state index is 11.9. The molecule has 1 rings (SSSR count). The van der Waals surface area contributed by atoms with Crippen molar-refractivity contribution in [2.24, 2.45) is 0 Å². The monoisotopic (exact) mass is 342 g/mol. The van der Waals surface area contributed by atoms with E-state index in [2.05, 4.69) is 31.3 Å². The molecular weight excluding hydrogens is 328 g/mol. The third-order valence-electron chi connectivity index (χ3n) is 2.23. The van der Waals surface area contributed by atoms with Gasteiger partial charge in [0.2, 0.25) is 0 Å². The lowest BCUT2D eigenvalue weighted by Gasteiger charge is -2.11. The van der Waals surface area contributed by atoms with Crippen LogP contribution in [0.25, 0.3) is 0 Å². The Labute approximate surface area is 124 Å². The molecule has 0 saturated carbocycles. The van der Waals surface area contributed by atoms with Gasteiger partial charge >= 0.3 is 5.97 Å². The molecule has 1 amide bonds. The standard InChI is InChI=1S/C13H15BrN2O4/c1-20-12(18)8-11(13(19)15-6-7-17)16-10-4-2-9(14)3-5-10/h2-5,8,16-17H,6-7H2,1H3,(H,15,19)/b11-8-. The third kappa shape index (κ3) is 5.41. The summed E-state index contributed by atoms with van der Waals surface area (Å²) in [6.45, 7) is -0.0884. The summed E-state index contributed by atoms with van der Waals surface area (Å²) in [6.07, 6.45) is 1.05. The number of amides is 1. The molecule has 0 radical (unpaired) electrons. The van der Waals surface area contributed by atoms with Crippen molar-refractivity contribution in [2.75, 3.05) is 25.6 Å². The zero-order chi connectivity index (χ0) is 15.0. The van der Waals surface area contributed by atoms with Crippen LogP contribution in [0, 0.1) is 0 Å². The number of anilines is 1. The second kappa shape index (κ2) is 8.34. The number of benzene rings is 1. The first-order valence-electron chi connectivity index (χ1n) is 5.78. The SMILES string of the molecule is COC(=O)/C=C(\Nc1ccc(Br)cc1)C(=O)NCCO. The van der Waals surface area contributed by atoms with Crippen LogP contribution >= 0.6 is 15.9 Å². The van der Waals surface area contributed by atoms with Gasteiger partial charge in [-0.25, -0.2) is 4.79 Å². The maximum atomic E-state index is 11.9. The van der Waals surface area contributed by atoms with E-state index >= 15 is 0 Å². The highest BCUT2D eigenvalue weighted by Crippen LogP contribution is 2.15. The number of rotatable bonds is 6. The van der Waals surface area contributed by atoms with Crippen LogP contribution in [0.5, 0.6) is 0 Å². The Morgan fingerprint density at radius 2 is 2.00 bits per heavy atom. The summed E-state index contributed by atoms with van der Waals surface area (Å²) in [7, 11) is 1.22. The molecular formula is C13H15BrN2O4. The Bertz CT molecular complexity index is 500. The van der Waals surface area contributed by atoms with Gasteiger partial charge in [0.15, 0.2) is 0 Å². The van der Waals surface area contributed by atoms with E-state index in [0.717, 1.165) is 10.5 Å². The van der Waals surface area contributed by atoms with Crippen LogP contribution in [0.3, 0.4) is 0 Å².